The van der Waals surface area contributed by atoms with Gasteiger partial charge in [-0.2, -0.15) is 0 Å². The maximum absolute atomic E-state index is 12.8. The van der Waals surface area contributed by atoms with E-state index >= 15 is 0 Å². The molecule has 0 heterocycles. The lowest BCUT2D eigenvalue weighted by atomic mass is 10.0. The summed E-state index contributed by atoms with van der Waals surface area (Å²) >= 11 is 0. The van der Waals surface area contributed by atoms with Crippen molar-refractivity contribution in [2.24, 2.45) is 5.73 Å². The second-order valence-corrected chi connectivity index (χ2v) is 24.1. The topological polar surface area (TPSA) is 134 Å². The molecule has 0 saturated carbocycles. The van der Waals surface area contributed by atoms with Gasteiger partial charge in [-0.3, -0.25) is 18.6 Å². The number of allylic oxidation sites excluding steroid dienone is 16. The second-order valence-electron chi connectivity index (χ2n) is 22.7. The molecule has 0 rings (SSSR count). The summed E-state index contributed by atoms with van der Waals surface area (Å²) in [6.07, 6.45) is 90.6. The lowest BCUT2D eigenvalue weighted by Crippen LogP contribution is -2.29. The Morgan fingerprint density at radius 1 is 0.378 bits per heavy atom. The van der Waals surface area contributed by atoms with E-state index in [-0.39, 0.29) is 38.6 Å². The Bertz CT molecular complexity index is 1660. The van der Waals surface area contributed by atoms with Gasteiger partial charge in [0.1, 0.15) is 6.61 Å². The van der Waals surface area contributed by atoms with Crippen molar-refractivity contribution >= 4 is 19.8 Å². The number of hydrogen-bond acceptors (Lipinski definition) is 8. The van der Waals surface area contributed by atoms with Crippen LogP contribution in [0.3, 0.4) is 0 Å². The fourth-order valence-corrected chi connectivity index (χ4v) is 10.5. The molecule has 0 amide bonds. The summed E-state index contributed by atoms with van der Waals surface area (Å²) in [4.78, 5) is 35.3. The first kappa shape index (κ1) is 78.9. The van der Waals surface area contributed by atoms with Crippen molar-refractivity contribution in [1.29, 1.82) is 0 Å². The van der Waals surface area contributed by atoms with E-state index in [9.17, 15) is 19.0 Å². The Balaban J connectivity index is 3.90. The summed E-state index contributed by atoms with van der Waals surface area (Å²) in [5, 5.41) is 0. The highest BCUT2D eigenvalue weighted by molar-refractivity contribution is 7.47. The molecule has 0 spiro atoms. The first-order chi connectivity index (χ1) is 40.3. The molecule has 0 aromatic heterocycles. The van der Waals surface area contributed by atoms with Gasteiger partial charge in [-0.15, -0.1) is 0 Å². The molecular formula is C72H128NO8P. The molecule has 0 aliphatic carbocycles. The van der Waals surface area contributed by atoms with Gasteiger partial charge >= 0.3 is 19.8 Å². The van der Waals surface area contributed by atoms with Gasteiger partial charge in [0.15, 0.2) is 6.10 Å². The minimum atomic E-state index is -4.40. The Kier molecular flexibility index (Phi) is 64.6. The maximum Gasteiger partial charge on any atom is 0.472 e. The van der Waals surface area contributed by atoms with Gasteiger partial charge in [0.25, 0.3) is 0 Å². The van der Waals surface area contributed by atoms with E-state index in [1.807, 2.05) is 0 Å². The third kappa shape index (κ3) is 66.1. The van der Waals surface area contributed by atoms with E-state index in [1.165, 1.54) is 193 Å². The number of rotatable bonds is 64. The van der Waals surface area contributed by atoms with Crippen LogP contribution in [0.2, 0.25) is 0 Å². The van der Waals surface area contributed by atoms with Crippen molar-refractivity contribution in [2.45, 2.75) is 322 Å². The highest BCUT2D eigenvalue weighted by Crippen LogP contribution is 2.43. The van der Waals surface area contributed by atoms with Crippen LogP contribution in [0.1, 0.15) is 316 Å². The molecule has 0 radical (unpaired) electrons. The van der Waals surface area contributed by atoms with Crippen molar-refractivity contribution in [3.63, 3.8) is 0 Å². The van der Waals surface area contributed by atoms with Crippen molar-refractivity contribution < 1.29 is 37.6 Å². The summed E-state index contributed by atoms with van der Waals surface area (Å²) in [5.74, 6) is -0.819. The average Bonchev–Trinajstić information content (AvgIpc) is 3.48. The summed E-state index contributed by atoms with van der Waals surface area (Å²) in [6, 6.07) is 0. The van der Waals surface area contributed by atoms with Gasteiger partial charge in [0.05, 0.1) is 13.2 Å². The van der Waals surface area contributed by atoms with Gasteiger partial charge in [-0.05, 0) is 77.0 Å². The zero-order chi connectivity index (χ0) is 59.4. The van der Waals surface area contributed by atoms with E-state index in [1.54, 1.807) is 0 Å². The van der Waals surface area contributed by atoms with Crippen molar-refractivity contribution in [1.82, 2.24) is 0 Å². The molecule has 0 aromatic carbocycles. The predicted molar refractivity (Wildman–Crippen MR) is 353 cm³/mol. The molecule has 0 bridgehead atoms. The van der Waals surface area contributed by atoms with Gasteiger partial charge in [0.2, 0.25) is 0 Å². The van der Waals surface area contributed by atoms with Crippen LogP contribution in [-0.2, 0) is 32.7 Å². The summed E-state index contributed by atoms with van der Waals surface area (Å²) in [5.41, 5.74) is 5.40. The lowest BCUT2D eigenvalue weighted by Gasteiger charge is -2.19. The normalized spacial score (nSPS) is 13.6. The molecule has 9 nitrogen and oxygen atoms in total. The first-order valence-electron chi connectivity index (χ1n) is 34.2. The van der Waals surface area contributed by atoms with Gasteiger partial charge in [-0.25, -0.2) is 4.57 Å². The van der Waals surface area contributed by atoms with Crippen LogP contribution >= 0.6 is 7.82 Å². The van der Waals surface area contributed by atoms with Crippen LogP contribution in [0.5, 0.6) is 0 Å². The molecule has 2 atom stereocenters. The van der Waals surface area contributed by atoms with E-state index in [0.717, 1.165) is 89.9 Å². The van der Waals surface area contributed by atoms with Crippen LogP contribution in [0.15, 0.2) is 97.2 Å². The third-order valence-corrected chi connectivity index (χ3v) is 15.7. The third-order valence-electron chi connectivity index (χ3n) is 14.7. The Labute approximate surface area is 506 Å². The van der Waals surface area contributed by atoms with Crippen molar-refractivity contribution in [3.8, 4) is 0 Å². The molecule has 3 N–H and O–H groups in total. The molecule has 10 heteroatoms. The van der Waals surface area contributed by atoms with E-state index < -0.39 is 26.5 Å². The predicted octanol–water partition coefficient (Wildman–Crippen LogP) is 22.4. The van der Waals surface area contributed by atoms with Crippen LogP contribution in [0, 0.1) is 0 Å². The van der Waals surface area contributed by atoms with Crippen LogP contribution in [0.25, 0.3) is 0 Å². The number of carbonyl (C=O) groups excluding carboxylic acids is 2. The van der Waals surface area contributed by atoms with Gasteiger partial charge < -0.3 is 20.1 Å². The van der Waals surface area contributed by atoms with E-state index in [0.29, 0.717) is 6.42 Å². The lowest BCUT2D eigenvalue weighted by molar-refractivity contribution is -0.161. The smallest absolute Gasteiger partial charge is 0.462 e. The fraction of sp³-hybridized carbons (Fsp3) is 0.750. The minimum Gasteiger partial charge on any atom is -0.462 e. The largest absolute Gasteiger partial charge is 0.472 e. The molecule has 2 unspecified atom stereocenters. The van der Waals surface area contributed by atoms with E-state index in [2.05, 4.69) is 111 Å². The number of phosphoric acid groups is 1. The Hall–Kier alpha value is -3.07. The number of carbonyl (C=O) groups is 2. The van der Waals surface area contributed by atoms with Crippen molar-refractivity contribution in [2.75, 3.05) is 26.4 Å². The summed E-state index contributed by atoms with van der Waals surface area (Å²) in [7, 11) is -4.40. The number of unbranched alkanes of at least 4 members (excludes halogenated alkanes) is 35. The molecule has 0 aliphatic rings. The number of phosphoric ester groups is 1. The van der Waals surface area contributed by atoms with E-state index in [4.69, 9.17) is 24.3 Å². The Morgan fingerprint density at radius 2 is 0.671 bits per heavy atom. The quantitative estimate of drug-likeness (QED) is 0.0264. The van der Waals surface area contributed by atoms with Crippen LogP contribution in [0.4, 0.5) is 0 Å². The first-order valence-corrected chi connectivity index (χ1v) is 35.7. The molecule has 82 heavy (non-hydrogen) atoms. The van der Waals surface area contributed by atoms with Crippen LogP contribution < -0.4 is 5.73 Å². The molecule has 0 saturated heterocycles. The standard InChI is InChI=1S/C72H128NO8P/c1-3-5-7-9-11-13-15-17-19-21-23-25-27-29-30-31-32-33-34-35-36-37-38-39-40-41-43-45-47-49-51-53-55-57-59-61-63-65-72(75)81-70(69-80-82(76,77)79-67-66-73)68-78-71(74)64-62-60-58-56-54-52-50-48-46-44-42-28-26-24-22-20-18-16-14-12-10-8-6-4-2/h5,7,11,13,17,19,23,25,29-30,32-33,35-36,38-39,70H,3-4,6,8-10,12,14-16,18,20-22,24,26-28,31,34,37,40-69,73H2,1-2H3,(H,76,77)/b7-5-,13-11-,19-17-,25-23-,30-29-,33-32-,36-35-,39-38-. The highest BCUT2D eigenvalue weighted by atomic mass is 31.2. The SMILES string of the molecule is CC/C=C\C/C=C\C/C=C\C/C=C\C/C=C\C/C=C\C/C=C\C/C=C\CCCCCCCCCCCCCCC(=O)OC(COC(=O)CCCCCCCCCCCCCCCCCCCCCCCCCC)COP(=O)(O)OCCN. The molecule has 0 aliphatic heterocycles. The minimum absolute atomic E-state index is 0.0515. The van der Waals surface area contributed by atoms with Gasteiger partial charge in [0, 0.05) is 19.4 Å². The number of nitrogens with two attached hydrogens (primary N) is 1. The summed E-state index contributed by atoms with van der Waals surface area (Å²) in [6.45, 7) is 3.67. The van der Waals surface area contributed by atoms with Gasteiger partial charge in [-0.1, -0.05) is 323 Å². The van der Waals surface area contributed by atoms with Crippen LogP contribution in [-0.4, -0.2) is 49.3 Å². The zero-order valence-electron chi connectivity index (χ0n) is 53.2. The maximum atomic E-state index is 12.8. The number of esters is 2. The molecule has 0 aromatic rings. The van der Waals surface area contributed by atoms with Crippen molar-refractivity contribution in [3.05, 3.63) is 97.2 Å². The molecule has 0 fully saturated rings. The summed E-state index contributed by atoms with van der Waals surface area (Å²) < 4.78 is 33.2. The average molecular weight is 1170 g/mol. The highest BCUT2D eigenvalue weighted by Gasteiger charge is 2.26. The fourth-order valence-electron chi connectivity index (χ4n) is 9.71. The monoisotopic (exact) mass is 1170 g/mol. The molecular weight excluding hydrogens is 1040 g/mol. The zero-order valence-corrected chi connectivity index (χ0v) is 54.1. The number of ether oxygens (including phenoxy) is 2. The molecule has 474 valence electrons. The second kappa shape index (κ2) is 67.1. The number of hydrogen-bond donors (Lipinski definition) is 2. The Morgan fingerprint density at radius 3 is 1.00 bits per heavy atom.